The number of benzene rings is 1. The normalized spacial score (nSPS) is 17.1. The molecule has 0 heterocycles. The van der Waals surface area contributed by atoms with Crippen LogP contribution in [0.5, 0.6) is 0 Å². The quantitative estimate of drug-likeness (QED) is 0.735. The second kappa shape index (κ2) is 7.08. The molecule has 0 unspecified atom stereocenters. The van der Waals surface area contributed by atoms with Crippen LogP contribution in [0.15, 0.2) is 41.5 Å². The zero-order valence-corrected chi connectivity index (χ0v) is 13.9. The van der Waals surface area contributed by atoms with Gasteiger partial charge in [-0.2, -0.15) is 0 Å². The Hall–Kier alpha value is -1.96. The molecule has 2 aliphatic carbocycles. The van der Waals surface area contributed by atoms with Crippen molar-refractivity contribution >= 4 is 11.6 Å². The zero-order chi connectivity index (χ0) is 16.2. The minimum absolute atomic E-state index is 0.0877. The summed E-state index contributed by atoms with van der Waals surface area (Å²) in [5.41, 5.74) is 5.44. The summed E-state index contributed by atoms with van der Waals surface area (Å²) >= 11 is 0. The van der Waals surface area contributed by atoms with Crippen LogP contribution in [-0.4, -0.2) is 11.6 Å². The molecule has 0 radical (unpaired) electrons. The largest absolute Gasteiger partial charge is 0.294 e. The maximum atomic E-state index is 12.4. The van der Waals surface area contributed by atoms with Gasteiger partial charge >= 0.3 is 0 Å². The fourth-order valence-electron chi connectivity index (χ4n) is 3.52. The van der Waals surface area contributed by atoms with Crippen LogP contribution in [0, 0.1) is 0 Å². The van der Waals surface area contributed by atoms with E-state index in [9.17, 15) is 9.59 Å². The molecule has 0 saturated carbocycles. The molecule has 2 aliphatic rings. The Morgan fingerprint density at radius 3 is 2.48 bits per heavy atom. The first-order valence-corrected chi connectivity index (χ1v) is 8.69. The number of Topliss-reactive ketones (excluding diaryl/α,β-unsaturated/α-hetero) is 2. The van der Waals surface area contributed by atoms with Gasteiger partial charge in [0.15, 0.2) is 11.6 Å². The molecule has 0 N–H and O–H groups in total. The summed E-state index contributed by atoms with van der Waals surface area (Å²) in [5, 5.41) is 0. The predicted molar refractivity (Wildman–Crippen MR) is 92.7 cm³/mol. The van der Waals surface area contributed by atoms with Gasteiger partial charge in [-0.15, -0.1) is 0 Å². The Balaban J connectivity index is 1.63. The summed E-state index contributed by atoms with van der Waals surface area (Å²) < 4.78 is 0. The molecule has 0 saturated heterocycles. The topological polar surface area (TPSA) is 34.1 Å². The molecular formula is C21H24O2. The number of ketones is 2. The van der Waals surface area contributed by atoms with Crippen molar-refractivity contribution in [3.63, 3.8) is 0 Å². The fraction of sp³-hybridized carbons (Fsp3) is 0.429. The molecule has 3 rings (SSSR count). The first-order valence-electron chi connectivity index (χ1n) is 8.69. The number of rotatable bonds is 5. The molecule has 1 aromatic rings. The van der Waals surface area contributed by atoms with Crippen LogP contribution < -0.4 is 0 Å². The van der Waals surface area contributed by atoms with E-state index >= 15 is 0 Å². The number of allylic oxidation sites excluding steroid dienone is 4. The van der Waals surface area contributed by atoms with Gasteiger partial charge in [0.05, 0.1) is 0 Å². The highest BCUT2D eigenvalue weighted by molar-refractivity contribution is 6.03. The average molecular weight is 308 g/mol. The average Bonchev–Trinajstić information content (AvgIpc) is 2.59. The maximum absolute atomic E-state index is 12.4. The molecule has 0 aromatic heterocycles. The molecular weight excluding hydrogens is 284 g/mol. The summed E-state index contributed by atoms with van der Waals surface area (Å²) in [6, 6.07) is 6.08. The summed E-state index contributed by atoms with van der Waals surface area (Å²) in [4.78, 5) is 24.7. The van der Waals surface area contributed by atoms with E-state index in [4.69, 9.17) is 0 Å². The first-order chi connectivity index (χ1) is 11.1. The van der Waals surface area contributed by atoms with Crippen molar-refractivity contribution < 1.29 is 9.59 Å². The minimum Gasteiger partial charge on any atom is -0.294 e. The summed E-state index contributed by atoms with van der Waals surface area (Å²) in [5.74, 6) is 0.189. The molecule has 2 nitrogen and oxygen atoms in total. The molecule has 0 aliphatic heterocycles. The SMILES string of the molecule is CC1=C(C(=O)CCC(=O)c2ccc3c(c2)CCCC3)C=CCC1. The van der Waals surface area contributed by atoms with Crippen molar-refractivity contribution in [2.45, 2.75) is 58.3 Å². The molecule has 2 heteroatoms. The van der Waals surface area contributed by atoms with Crippen molar-refractivity contribution in [1.82, 2.24) is 0 Å². The van der Waals surface area contributed by atoms with Gasteiger partial charge in [-0.1, -0.05) is 29.9 Å². The Kier molecular flexibility index (Phi) is 4.90. The zero-order valence-electron chi connectivity index (χ0n) is 13.9. The minimum atomic E-state index is 0.0877. The maximum Gasteiger partial charge on any atom is 0.163 e. The second-order valence-corrected chi connectivity index (χ2v) is 6.67. The van der Waals surface area contributed by atoms with Gasteiger partial charge in [0.25, 0.3) is 0 Å². The highest BCUT2D eigenvalue weighted by atomic mass is 16.1. The monoisotopic (exact) mass is 308 g/mol. The van der Waals surface area contributed by atoms with Gasteiger partial charge in [0.1, 0.15) is 0 Å². The number of hydrogen-bond donors (Lipinski definition) is 0. The van der Waals surface area contributed by atoms with Crippen molar-refractivity contribution in [3.8, 4) is 0 Å². The van der Waals surface area contributed by atoms with E-state index in [-0.39, 0.29) is 11.6 Å². The van der Waals surface area contributed by atoms with Crippen molar-refractivity contribution in [3.05, 3.63) is 58.2 Å². The summed E-state index contributed by atoms with van der Waals surface area (Å²) in [6.07, 6.45) is 11.2. The number of carbonyl (C=O) groups excluding carboxylic acids is 2. The lowest BCUT2D eigenvalue weighted by Crippen LogP contribution is -2.10. The fourth-order valence-corrected chi connectivity index (χ4v) is 3.52. The van der Waals surface area contributed by atoms with Crippen molar-refractivity contribution in [2.75, 3.05) is 0 Å². The molecule has 0 spiro atoms. The highest BCUT2D eigenvalue weighted by Crippen LogP contribution is 2.24. The van der Waals surface area contributed by atoms with Gasteiger partial charge in [0, 0.05) is 24.0 Å². The second-order valence-electron chi connectivity index (χ2n) is 6.67. The van der Waals surface area contributed by atoms with Gasteiger partial charge in [-0.25, -0.2) is 0 Å². The van der Waals surface area contributed by atoms with Crippen LogP contribution in [0.25, 0.3) is 0 Å². The van der Waals surface area contributed by atoms with Gasteiger partial charge in [-0.05, 0) is 62.6 Å². The van der Waals surface area contributed by atoms with Crippen LogP contribution in [0.4, 0.5) is 0 Å². The molecule has 0 amide bonds. The number of fused-ring (bicyclic) bond motifs is 1. The van der Waals surface area contributed by atoms with Crippen molar-refractivity contribution in [2.24, 2.45) is 0 Å². The first kappa shape index (κ1) is 15.9. The van der Waals surface area contributed by atoms with Gasteiger partial charge in [-0.3, -0.25) is 9.59 Å². The molecule has 0 bridgehead atoms. The van der Waals surface area contributed by atoms with Crippen LogP contribution in [0.1, 0.15) is 66.9 Å². The number of aryl methyl sites for hydroxylation is 2. The molecule has 0 atom stereocenters. The number of carbonyl (C=O) groups is 2. The number of hydrogen-bond acceptors (Lipinski definition) is 2. The lowest BCUT2D eigenvalue weighted by Gasteiger charge is -2.16. The van der Waals surface area contributed by atoms with Crippen LogP contribution in [0.2, 0.25) is 0 Å². The van der Waals surface area contributed by atoms with Crippen molar-refractivity contribution in [1.29, 1.82) is 0 Å². The standard InChI is InChI=1S/C21H24O2/c1-15-6-2-5-9-19(15)21(23)13-12-20(22)18-11-10-16-7-3-4-8-17(16)14-18/h5,9-11,14H,2-4,6-8,12-13H2,1H3. The third kappa shape index (κ3) is 3.69. The van der Waals surface area contributed by atoms with E-state index in [1.807, 2.05) is 31.2 Å². The molecule has 23 heavy (non-hydrogen) atoms. The van der Waals surface area contributed by atoms with E-state index in [1.165, 1.54) is 24.0 Å². The molecule has 1 aromatic carbocycles. The highest BCUT2D eigenvalue weighted by Gasteiger charge is 2.16. The summed E-state index contributed by atoms with van der Waals surface area (Å²) in [7, 11) is 0. The van der Waals surface area contributed by atoms with Crippen LogP contribution in [-0.2, 0) is 17.6 Å². The third-order valence-electron chi connectivity index (χ3n) is 4.98. The Morgan fingerprint density at radius 2 is 1.70 bits per heavy atom. The Bertz CT molecular complexity index is 692. The molecule has 120 valence electrons. The lowest BCUT2D eigenvalue weighted by atomic mass is 9.89. The molecule has 0 fully saturated rings. The van der Waals surface area contributed by atoms with Crippen LogP contribution >= 0.6 is 0 Å². The van der Waals surface area contributed by atoms with E-state index in [0.717, 1.165) is 42.4 Å². The Morgan fingerprint density at radius 1 is 0.957 bits per heavy atom. The van der Waals surface area contributed by atoms with Gasteiger partial charge < -0.3 is 0 Å². The van der Waals surface area contributed by atoms with E-state index < -0.39 is 0 Å². The Labute approximate surface area is 138 Å². The summed E-state index contributed by atoms with van der Waals surface area (Å²) in [6.45, 7) is 2.02. The van der Waals surface area contributed by atoms with Crippen LogP contribution in [0.3, 0.4) is 0 Å². The lowest BCUT2D eigenvalue weighted by molar-refractivity contribution is -0.115. The van der Waals surface area contributed by atoms with E-state index in [0.29, 0.717) is 12.8 Å². The van der Waals surface area contributed by atoms with E-state index in [1.54, 1.807) is 0 Å². The van der Waals surface area contributed by atoms with Gasteiger partial charge in [0.2, 0.25) is 0 Å². The van der Waals surface area contributed by atoms with E-state index in [2.05, 4.69) is 6.07 Å². The smallest absolute Gasteiger partial charge is 0.163 e. The third-order valence-corrected chi connectivity index (χ3v) is 4.98. The predicted octanol–water partition coefficient (Wildman–Crippen LogP) is 4.76.